The van der Waals surface area contributed by atoms with Crippen LogP contribution in [0.2, 0.25) is 0 Å². The lowest BCUT2D eigenvalue weighted by atomic mass is 10.1. The molecule has 1 aliphatic heterocycles. The van der Waals surface area contributed by atoms with Crippen molar-refractivity contribution in [2.45, 2.75) is 0 Å². The average molecular weight is 222 g/mol. The summed E-state index contributed by atoms with van der Waals surface area (Å²) in [6.45, 7) is 0. The highest BCUT2D eigenvalue weighted by molar-refractivity contribution is 8.38. The second-order valence-corrected chi connectivity index (χ2v) is 4.79. The molecule has 0 unspecified atom stereocenters. The molecule has 1 aromatic rings. The van der Waals surface area contributed by atoms with Gasteiger partial charge in [-0.3, -0.25) is 0 Å². The Labute approximate surface area is 91.9 Å². The fraction of sp³-hybridized carbons (Fsp3) is 0.200. The van der Waals surface area contributed by atoms with E-state index in [2.05, 4.69) is 22.3 Å². The molecule has 1 aromatic carbocycles. The van der Waals surface area contributed by atoms with E-state index >= 15 is 0 Å². The summed E-state index contributed by atoms with van der Waals surface area (Å²) >= 11 is 3.40. The molecule has 72 valence electrons. The van der Waals surface area contributed by atoms with E-state index in [1.54, 1.807) is 23.5 Å². The molecule has 14 heavy (non-hydrogen) atoms. The summed E-state index contributed by atoms with van der Waals surface area (Å²) < 4.78 is 1.05. The molecule has 0 saturated carbocycles. The van der Waals surface area contributed by atoms with Crippen LogP contribution in [0.3, 0.4) is 0 Å². The molecule has 0 N–H and O–H groups in total. The van der Waals surface area contributed by atoms with Crippen LogP contribution in [-0.2, 0) is 0 Å². The van der Waals surface area contributed by atoms with Crippen molar-refractivity contribution in [3.8, 4) is 0 Å². The van der Waals surface area contributed by atoms with E-state index in [1.807, 2.05) is 24.5 Å². The van der Waals surface area contributed by atoms with Crippen LogP contribution in [0.4, 0.5) is 0 Å². The molecule has 0 aromatic heterocycles. The van der Waals surface area contributed by atoms with Crippen molar-refractivity contribution >= 4 is 33.6 Å². The molecule has 2 nitrogen and oxygen atoms in total. The van der Waals surface area contributed by atoms with Crippen molar-refractivity contribution in [2.75, 3.05) is 12.0 Å². The summed E-state index contributed by atoms with van der Waals surface area (Å²) in [6, 6.07) is 10.2. The topological polar surface area (TPSA) is 24.7 Å². The SMILES string of the molecule is CSC1=NN=C(c2ccccc2)CS1. The minimum atomic E-state index is 0.920. The van der Waals surface area contributed by atoms with Gasteiger partial charge in [0.1, 0.15) is 0 Å². The summed E-state index contributed by atoms with van der Waals surface area (Å²) in [4.78, 5) is 0. The highest BCUT2D eigenvalue weighted by atomic mass is 32.2. The first kappa shape index (κ1) is 9.80. The van der Waals surface area contributed by atoms with E-state index in [-0.39, 0.29) is 0 Å². The zero-order chi connectivity index (χ0) is 9.80. The molecule has 1 heterocycles. The molecule has 2 rings (SSSR count). The van der Waals surface area contributed by atoms with Crippen LogP contribution in [0, 0.1) is 0 Å². The predicted molar refractivity (Wildman–Crippen MR) is 66.4 cm³/mol. The number of thioether (sulfide) groups is 2. The van der Waals surface area contributed by atoms with Gasteiger partial charge in [-0.15, -0.1) is 16.9 Å². The van der Waals surface area contributed by atoms with E-state index in [0.717, 1.165) is 15.8 Å². The Bertz CT molecular complexity index is 371. The molecule has 0 aliphatic carbocycles. The van der Waals surface area contributed by atoms with Crippen molar-refractivity contribution < 1.29 is 0 Å². The van der Waals surface area contributed by atoms with E-state index in [9.17, 15) is 0 Å². The molecule has 0 saturated heterocycles. The zero-order valence-corrected chi connectivity index (χ0v) is 9.44. The lowest BCUT2D eigenvalue weighted by molar-refractivity contribution is 1.24. The van der Waals surface area contributed by atoms with Crippen molar-refractivity contribution in [3.63, 3.8) is 0 Å². The van der Waals surface area contributed by atoms with Gasteiger partial charge in [0.05, 0.1) is 5.71 Å². The van der Waals surface area contributed by atoms with E-state index in [1.165, 1.54) is 5.56 Å². The van der Waals surface area contributed by atoms with Crippen LogP contribution in [0.15, 0.2) is 40.5 Å². The smallest absolute Gasteiger partial charge is 0.152 e. The van der Waals surface area contributed by atoms with Crippen molar-refractivity contribution in [2.24, 2.45) is 10.2 Å². The van der Waals surface area contributed by atoms with Gasteiger partial charge < -0.3 is 0 Å². The minimum Gasteiger partial charge on any atom is -0.152 e. The van der Waals surface area contributed by atoms with Crippen molar-refractivity contribution in [1.82, 2.24) is 0 Å². The van der Waals surface area contributed by atoms with Gasteiger partial charge in [-0.05, 0) is 11.8 Å². The van der Waals surface area contributed by atoms with Gasteiger partial charge in [-0.1, -0.05) is 42.1 Å². The monoisotopic (exact) mass is 222 g/mol. The maximum atomic E-state index is 4.21. The van der Waals surface area contributed by atoms with Gasteiger partial charge in [0.15, 0.2) is 4.38 Å². The molecule has 1 aliphatic rings. The van der Waals surface area contributed by atoms with Gasteiger partial charge in [0, 0.05) is 5.75 Å². The van der Waals surface area contributed by atoms with Crippen LogP contribution in [0.25, 0.3) is 0 Å². The second-order valence-electron chi connectivity index (χ2n) is 2.77. The average Bonchev–Trinajstić information content (AvgIpc) is 2.30. The Balaban J connectivity index is 2.22. The standard InChI is InChI=1S/C10H10N2S2/c1-13-10-12-11-9(7-14-10)8-5-3-2-4-6-8/h2-6H,7H2,1H3. The van der Waals surface area contributed by atoms with Gasteiger partial charge in [-0.25, -0.2) is 0 Å². The maximum absolute atomic E-state index is 4.21. The Morgan fingerprint density at radius 1 is 1.21 bits per heavy atom. The third-order valence-corrected chi connectivity index (χ3v) is 3.90. The maximum Gasteiger partial charge on any atom is 0.152 e. The molecule has 0 fully saturated rings. The fourth-order valence-electron chi connectivity index (χ4n) is 1.16. The number of nitrogens with zero attached hydrogens (tertiary/aromatic N) is 2. The number of benzene rings is 1. The Kier molecular flexibility index (Phi) is 3.26. The molecule has 0 amide bonds. The Morgan fingerprint density at radius 3 is 2.57 bits per heavy atom. The number of rotatable bonds is 1. The van der Waals surface area contributed by atoms with Gasteiger partial charge in [-0.2, -0.15) is 5.10 Å². The zero-order valence-electron chi connectivity index (χ0n) is 7.80. The third-order valence-electron chi connectivity index (χ3n) is 1.87. The molecule has 0 radical (unpaired) electrons. The van der Waals surface area contributed by atoms with Gasteiger partial charge in [0.2, 0.25) is 0 Å². The van der Waals surface area contributed by atoms with Crippen molar-refractivity contribution in [3.05, 3.63) is 35.9 Å². The summed E-state index contributed by atoms with van der Waals surface area (Å²) in [5.41, 5.74) is 2.23. The first-order chi connectivity index (χ1) is 6.90. The summed E-state index contributed by atoms with van der Waals surface area (Å²) in [5, 5.41) is 8.35. The van der Waals surface area contributed by atoms with Crippen LogP contribution >= 0.6 is 23.5 Å². The lowest BCUT2D eigenvalue weighted by Gasteiger charge is -2.09. The van der Waals surface area contributed by atoms with Gasteiger partial charge in [0.25, 0.3) is 0 Å². The van der Waals surface area contributed by atoms with E-state index < -0.39 is 0 Å². The lowest BCUT2D eigenvalue weighted by Crippen LogP contribution is -2.09. The quantitative estimate of drug-likeness (QED) is 0.730. The highest BCUT2D eigenvalue weighted by Crippen LogP contribution is 2.20. The van der Waals surface area contributed by atoms with Crippen LogP contribution in [0.5, 0.6) is 0 Å². The normalized spacial score (nSPS) is 16.1. The number of hydrogen-bond acceptors (Lipinski definition) is 4. The van der Waals surface area contributed by atoms with Crippen molar-refractivity contribution in [1.29, 1.82) is 0 Å². The fourth-order valence-corrected chi connectivity index (χ4v) is 2.51. The summed E-state index contributed by atoms with van der Waals surface area (Å²) in [6.07, 6.45) is 2.02. The Morgan fingerprint density at radius 2 is 2.00 bits per heavy atom. The summed E-state index contributed by atoms with van der Waals surface area (Å²) in [5.74, 6) is 0.920. The molecule has 0 atom stereocenters. The molecular weight excluding hydrogens is 212 g/mol. The Hall–Kier alpha value is -0.740. The number of hydrogen-bond donors (Lipinski definition) is 0. The molecule has 4 heteroatoms. The van der Waals surface area contributed by atoms with Crippen LogP contribution in [-0.4, -0.2) is 22.1 Å². The van der Waals surface area contributed by atoms with Crippen LogP contribution in [0.1, 0.15) is 5.56 Å². The third kappa shape index (κ3) is 2.19. The van der Waals surface area contributed by atoms with E-state index in [0.29, 0.717) is 0 Å². The van der Waals surface area contributed by atoms with Gasteiger partial charge >= 0.3 is 0 Å². The summed E-state index contributed by atoms with van der Waals surface area (Å²) in [7, 11) is 0. The minimum absolute atomic E-state index is 0.920. The molecule has 0 bridgehead atoms. The first-order valence-electron chi connectivity index (χ1n) is 4.27. The van der Waals surface area contributed by atoms with E-state index in [4.69, 9.17) is 0 Å². The highest BCUT2D eigenvalue weighted by Gasteiger charge is 2.10. The molecular formula is C10H10N2S2. The second kappa shape index (κ2) is 4.66. The van der Waals surface area contributed by atoms with Crippen LogP contribution < -0.4 is 0 Å². The molecule has 0 spiro atoms. The largest absolute Gasteiger partial charge is 0.152 e. The predicted octanol–water partition coefficient (Wildman–Crippen LogP) is 2.86. The first-order valence-corrected chi connectivity index (χ1v) is 6.48.